The van der Waals surface area contributed by atoms with Crippen LogP contribution in [-0.4, -0.2) is 33.6 Å². The van der Waals surface area contributed by atoms with Crippen molar-refractivity contribution in [2.75, 3.05) is 0 Å². The van der Waals surface area contributed by atoms with Crippen molar-refractivity contribution in [3.8, 4) is 0 Å². The van der Waals surface area contributed by atoms with Crippen LogP contribution in [0.4, 0.5) is 0 Å². The molecule has 0 spiro atoms. The summed E-state index contributed by atoms with van der Waals surface area (Å²) < 4.78 is 0. The second kappa shape index (κ2) is 6.32. The molecule has 6 nitrogen and oxygen atoms in total. The Bertz CT molecular complexity index is 630. The van der Waals surface area contributed by atoms with Crippen molar-refractivity contribution in [1.29, 1.82) is 0 Å². The summed E-state index contributed by atoms with van der Waals surface area (Å²) in [6.07, 6.45) is 8.35. The van der Waals surface area contributed by atoms with Gasteiger partial charge in [0.25, 0.3) is 0 Å². The molecule has 0 bridgehead atoms. The molecule has 23 heavy (non-hydrogen) atoms. The lowest BCUT2D eigenvalue weighted by Gasteiger charge is -2.22. The maximum absolute atomic E-state index is 12.5. The molecule has 1 aromatic rings. The van der Waals surface area contributed by atoms with E-state index in [0.29, 0.717) is 19.4 Å². The van der Waals surface area contributed by atoms with E-state index in [0.717, 1.165) is 10.5 Å². The highest BCUT2D eigenvalue weighted by Gasteiger charge is 2.49. The van der Waals surface area contributed by atoms with E-state index in [1.165, 1.54) is 0 Å². The smallest absolute Gasteiger partial charge is 0.243 e. The molecule has 1 N–H and O–H groups in total. The van der Waals surface area contributed by atoms with E-state index in [1.807, 2.05) is 18.2 Å². The number of carbonyl (C=O) groups excluding carboxylic acids is 3. The lowest BCUT2D eigenvalue weighted by atomic mass is 9.85. The van der Waals surface area contributed by atoms with Crippen LogP contribution in [0, 0.1) is 11.8 Å². The number of rotatable bonds is 4. The van der Waals surface area contributed by atoms with Gasteiger partial charge in [0.05, 0.1) is 11.8 Å². The van der Waals surface area contributed by atoms with Gasteiger partial charge in [-0.2, -0.15) is 0 Å². The Morgan fingerprint density at radius 1 is 1.30 bits per heavy atom. The zero-order chi connectivity index (χ0) is 16.4. The van der Waals surface area contributed by atoms with Crippen molar-refractivity contribution in [3.63, 3.8) is 0 Å². The van der Waals surface area contributed by atoms with Crippen molar-refractivity contribution in [3.05, 3.63) is 42.2 Å². The molecule has 120 valence electrons. The minimum Gasteiger partial charge on any atom is -0.350 e. The Kier molecular flexibility index (Phi) is 4.23. The Labute approximate surface area is 134 Å². The third-order valence-corrected chi connectivity index (χ3v) is 4.50. The Morgan fingerprint density at radius 2 is 1.96 bits per heavy atom. The monoisotopic (exact) mass is 313 g/mol. The Balaban J connectivity index is 1.65. The molecule has 6 heteroatoms. The number of hydrogen-bond donors (Lipinski definition) is 1. The molecular formula is C17H19N3O3. The number of aromatic nitrogens is 1. The minimum absolute atomic E-state index is 0.228. The minimum atomic E-state index is -0.794. The van der Waals surface area contributed by atoms with Crippen molar-refractivity contribution < 1.29 is 14.4 Å². The summed E-state index contributed by atoms with van der Waals surface area (Å²) >= 11 is 0. The molecule has 2 aliphatic rings. The maximum atomic E-state index is 12.5. The van der Waals surface area contributed by atoms with E-state index in [4.69, 9.17) is 0 Å². The number of likely N-dealkylation sites (tertiary alicyclic amines) is 1. The molecule has 0 unspecified atom stereocenters. The fourth-order valence-corrected chi connectivity index (χ4v) is 3.16. The first-order valence-electron chi connectivity index (χ1n) is 7.78. The molecule has 0 radical (unpaired) electrons. The standard InChI is InChI=1S/C17H19N3O3/c1-11(15(21)19-10-12-5-4-8-18-9-12)20-16(22)13-6-2-3-7-14(13)17(20)23/h2-5,8-9,11,13-14H,6-7,10H2,1H3,(H,19,21)/t11-,13-,14-/m0/s1. The van der Waals surface area contributed by atoms with Crippen LogP contribution in [0.1, 0.15) is 25.3 Å². The second-order valence-corrected chi connectivity index (χ2v) is 5.96. The summed E-state index contributed by atoms with van der Waals surface area (Å²) in [7, 11) is 0. The third-order valence-electron chi connectivity index (χ3n) is 4.50. The quantitative estimate of drug-likeness (QED) is 0.665. The van der Waals surface area contributed by atoms with Crippen molar-refractivity contribution in [2.24, 2.45) is 11.8 Å². The zero-order valence-electron chi connectivity index (χ0n) is 12.9. The molecule has 1 aliphatic carbocycles. The molecule has 1 aliphatic heterocycles. The molecule has 1 saturated heterocycles. The van der Waals surface area contributed by atoms with Crippen LogP contribution in [0.15, 0.2) is 36.7 Å². The number of imide groups is 1. The van der Waals surface area contributed by atoms with Gasteiger partial charge >= 0.3 is 0 Å². The maximum Gasteiger partial charge on any atom is 0.243 e. The van der Waals surface area contributed by atoms with E-state index >= 15 is 0 Å². The van der Waals surface area contributed by atoms with Gasteiger partial charge in [-0.25, -0.2) is 0 Å². The molecule has 1 aromatic heterocycles. The fraction of sp³-hybridized carbons (Fsp3) is 0.412. The lowest BCUT2D eigenvalue weighted by Crippen LogP contribution is -2.48. The number of allylic oxidation sites excluding steroid dienone is 2. The van der Waals surface area contributed by atoms with Crippen LogP contribution < -0.4 is 5.32 Å². The number of hydrogen-bond acceptors (Lipinski definition) is 4. The second-order valence-electron chi connectivity index (χ2n) is 5.96. The molecule has 3 atom stereocenters. The van der Waals surface area contributed by atoms with Gasteiger partial charge in [-0.1, -0.05) is 18.2 Å². The van der Waals surface area contributed by atoms with Crippen molar-refractivity contribution in [2.45, 2.75) is 32.4 Å². The van der Waals surface area contributed by atoms with Gasteiger partial charge in [0.1, 0.15) is 6.04 Å². The van der Waals surface area contributed by atoms with Crippen LogP contribution in [0.2, 0.25) is 0 Å². The van der Waals surface area contributed by atoms with Crippen molar-refractivity contribution in [1.82, 2.24) is 15.2 Å². The average molecular weight is 313 g/mol. The van der Waals surface area contributed by atoms with Gasteiger partial charge in [-0.05, 0) is 31.4 Å². The number of amides is 3. The van der Waals surface area contributed by atoms with E-state index in [1.54, 1.807) is 25.4 Å². The molecule has 0 aromatic carbocycles. The predicted molar refractivity (Wildman–Crippen MR) is 82.8 cm³/mol. The van der Waals surface area contributed by atoms with E-state index < -0.39 is 6.04 Å². The van der Waals surface area contributed by atoms with Crippen LogP contribution in [0.25, 0.3) is 0 Å². The van der Waals surface area contributed by atoms with Crippen LogP contribution in [-0.2, 0) is 20.9 Å². The largest absolute Gasteiger partial charge is 0.350 e. The van der Waals surface area contributed by atoms with Gasteiger partial charge in [0, 0.05) is 18.9 Å². The summed E-state index contributed by atoms with van der Waals surface area (Å²) in [5.74, 6) is -1.40. The highest BCUT2D eigenvalue weighted by Crippen LogP contribution is 2.36. The highest BCUT2D eigenvalue weighted by atomic mass is 16.2. The summed E-state index contributed by atoms with van der Waals surface area (Å²) in [5, 5.41) is 2.76. The molecule has 3 rings (SSSR count). The van der Waals surface area contributed by atoms with E-state index in [-0.39, 0.29) is 29.6 Å². The highest BCUT2D eigenvalue weighted by molar-refractivity contribution is 6.08. The third kappa shape index (κ3) is 2.88. The van der Waals surface area contributed by atoms with Crippen LogP contribution in [0.3, 0.4) is 0 Å². The average Bonchev–Trinajstić information content (AvgIpc) is 2.84. The topological polar surface area (TPSA) is 79.4 Å². The molecule has 1 fully saturated rings. The summed E-state index contributed by atoms with van der Waals surface area (Å²) in [6, 6.07) is 2.85. The van der Waals surface area contributed by atoms with Gasteiger partial charge in [0.15, 0.2) is 0 Å². The van der Waals surface area contributed by atoms with Gasteiger partial charge in [-0.3, -0.25) is 24.3 Å². The van der Waals surface area contributed by atoms with Crippen molar-refractivity contribution >= 4 is 17.7 Å². The lowest BCUT2D eigenvalue weighted by molar-refractivity contribution is -0.147. The van der Waals surface area contributed by atoms with Gasteiger partial charge < -0.3 is 5.32 Å². The van der Waals surface area contributed by atoms with E-state index in [9.17, 15) is 14.4 Å². The number of carbonyl (C=O) groups is 3. The summed E-state index contributed by atoms with van der Waals surface area (Å²) in [4.78, 5) is 42.3. The van der Waals surface area contributed by atoms with Gasteiger partial charge in [-0.15, -0.1) is 0 Å². The van der Waals surface area contributed by atoms with Crippen LogP contribution in [0.5, 0.6) is 0 Å². The van der Waals surface area contributed by atoms with E-state index in [2.05, 4.69) is 10.3 Å². The molecule has 0 saturated carbocycles. The Morgan fingerprint density at radius 3 is 2.52 bits per heavy atom. The number of nitrogens with one attached hydrogen (secondary N) is 1. The summed E-state index contributed by atoms with van der Waals surface area (Å²) in [6.45, 7) is 1.92. The molecule has 3 amide bonds. The number of pyridine rings is 1. The number of fused-ring (bicyclic) bond motifs is 1. The Hall–Kier alpha value is -2.50. The molecule has 2 heterocycles. The fourth-order valence-electron chi connectivity index (χ4n) is 3.16. The normalized spacial score (nSPS) is 24.5. The van der Waals surface area contributed by atoms with Crippen LogP contribution >= 0.6 is 0 Å². The zero-order valence-corrected chi connectivity index (χ0v) is 12.9. The first kappa shape index (κ1) is 15.4. The number of nitrogens with zero attached hydrogens (tertiary/aromatic N) is 2. The summed E-state index contributed by atoms with van der Waals surface area (Å²) in [5.41, 5.74) is 0.866. The molecular weight excluding hydrogens is 294 g/mol. The predicted octanol–water partition coefficient (Wildman–Crippen LogP) is 1.04. The first-order valence-corrected chi connectivity index (χ1v) is 7.78. The SMILES string of the molecule is C[C@@H](C(=O)NCc1cccnc1)N1C(=O)[C@H]2CC=CC[C@@H]2C1=O. The van der Waals surface area contributed by atoms with Gasteiger partial charge in [0.2, 0.25) is 17.7 Å². The first-order chi connectivity index (χ1) is 11.1.